The summed E-state index contributed by atoms with van der Waals surface area (Å²) in [6.45, 7) is 3.82. The number of anilines is 1. The number of carbonyl (C=O) groups is 2. The zero-order chi connectivity index (χ0) is 29.4. The molecule has 0 saturated carbocycles. The second-order valence-electron chi connectivity index (χ2n) is 9.86. The van der Waals surface area contributed by atoms with E-state index < -0.39 is 28.5 Å². The van der Waals surface area contributed by atoms with E-state index in [1.807, 2.05) is 44.2 Å². The predicted molar refractivity (Wildman–Crippen MR) is 162 cm³/mol. The van der Waals surface area contributed by atoms with Crippen molar-refractivity contribution in [2.45, 2.75) is 32.9 Å². The lowest BCUT2D eigenvalue weighted by Gasteiger charge is -2.33. The third kappa shape index (κ3) is 9.13. The van der Waals surface area contributed by atoms with Crippen molar-refractivity contribution in [1.82, 2.24) is 10.2 Å². The Balaban J connectivity index is 2.06. The molecular formula is C29H32Cl3N3O4S. The highest BCUT2D eigenvalue weighted by atomic mass is 35.5. The number of benzene rings is 3. The molecule has 3 rings (SSSR count). The molecule has 2 amide bonds. The average molecular weight is 625 g/mol. The van der Waals surface area contributed by atoms with Gasteiger partial charge in [-0.05, 0) is 47.4 Å². The van der Waals surface area contributed by atoms with E-state index >= 15 is 0 Å². The minimum Gasteiger partial charge on any atom is -0.354 e. The molecule has 0 aliphatic rings. The molecule has 0 heterocycles. The van der Waals surface area contributed by atoms with Gasteiger partial charge in [-0.3, -0.25) is 13.9 Å². The van der Waals surface area contributed by atoms with Gasteiger partial charge in [0.25, 0.3) is 0 Å². The number of nitrogens with one attached hydrogen (secondary N) is 1. The standard InChI is InChI=1S/C29H32Cl3N3O4S/c1-20(2)17-33-29(37)27(15-21-8-5-4-6-9-21)34(18-22-12-13-25(31)26(32)14-22)28(36)19-35(40(3,38)39)24-11-7-10-23(30)16-24/h4-14,16,20,27H,15,17-19H2,1-3H3,(H,33,37). The van der Waals surface area contributed by atoms with Crippen LogP contribution in [0.1, 0.15) is 25.0 Å². The Kier molecular flexibility index (Phi) is 11.3. The van der Waals surface area contributed by atoms with Gasteiger partial charge in [-0.25, -0.2) is 8.42 Å². The molecule has 7 nitrogen and oxygen atoms in total. The van der Waals surface area contributed by atoms with Gasteiger partial charge in [0.05, 0.1) is 22.0 Å². The van der Waals surface area contributed by atoms with E-state index in [2.05, 4.69) is 5.32 Å². The lowest BCUT2D eigenvalue weighted by Crippen LogP contribution is -2.53. The number of rotatable bonds is 12. The predicted octanol–water partition coefficient (Wildman–Crippen LogP) is 5.83. The zero-order valence-corrected chi connectivity index (χ0v) is 25.6. The SMILES string of the molecule is CC(C)CNC(=O)C(Cc1ccccc1)N(Cc1ccc(Cl)c(Cl)c1)C(=O)CN(c1cccc(Cl)c1)S(C)(=O)=O. The van der Waals surface area contributed by atoms with Gasteiger partial charge in [0.15, 0.2) is 0 Å². The van der Waals surface area contributed by atoms with Crippen molar-refractivity contribution in [2.75, 3.05) is 23.7 Å². The lowest BCUT2D eigenvalue weighted by molar-refractivity contribution is -0.140. The summed E-state index contributed by atoms with van der Waals surface area (Å²) in [6.07, 6.45) is 1.23. The number of amides is 2. The van der Waals surface area contributed by atoms with E-state index in [0.717, 1.165) is 16.1 Å². The Morgan fingerprint density at radius 2 is 1.57 bits per heavy atom. The highest BCUT2D eigenvalue weighted by molar-refractivity contribution is 7.92. The molecule has 11 heteroatoms. The molecule has 1 atom stereocenters. The van der Waals surface area contributed by atoms with Crippen molar-refractivity contribution in [1.29, 1.82) is 0 Å². The lowest BCUT2D eigenvalue weighted by atomic mass is 10.0. The minimum atomic E-state index is -3.89. The topological polar surface area (TPSA) is 86.8 Å². The largest absolute Gasteiger partial charge is 0.354 e. The van der Waals surface area contributed by atoms with Gasteiger partial charge >= 0.3 is 0 Å². The van der Waals surface area contributed by atoms with Crippen LogP contribution < -0.4 is 9.62 Å². The van der Waals surface area contributed by atoms with Crippen LogP contribution in [0, 0.1) is 5.92 Å². The number of carbonyl (C=O) groups excluding carboxylic acids is 2. The van der Waals surface area contributed by atoms with Crippen molar-refractivity contribution >= 4 is 62.3 Å². The molecule has 0 bridgehead atoms. The molecule has 0 spiro atoms. The Morgan fingerprint density at radius 1 is 0.875 bits per heavy atom. The van der Waals surface area contributed by atoms with Crippen LogP contribution in [0.15, 0.2) is 72.8 Å². The van der Waals surface area contributed by atoms with Crippen LogP contribution in [0.5, 0.6) is 0 Å². The fraction of sp³-hybridized carbons (Fsp3) is 0.310. The van der Waals surface area contributed by atoms with Crippen molar-refractivity contribution in [3.8, 4) is 0 Å². The normalized spacial score (nSPS) is 12.2. The maximum absolute atomic E-state index is 14.0. The Bertz CT molecular complexity index is 1440. The van der Waals surface area contributed by atoms with Gasteiger partial charge in [-0.1, -0.05) is 91.1 Å². The van der Waals surface area contributed by atoms with Crippen LogP contribution in [-0.2, 0) is 32.6 Å². The van der Waals surface area contributed by atoms with Crippen molar-refractivity contribution < 1.29 is 18.0 Å². The number of nitrogens with zero attached hydrogens (tertiary/aromatic N) is 2. The van der Waals surface area contributed by atoms with Gasteiger partial charge in [0, 0.05) is 24.5 Å². The Morgan fingerprint density at radius 3 is 2.17 bits per heavy atom. The summed E-state index contributed by atoms with van der Waals surface area (Å²) in [5, 5.41) is 3.91. The van der Waals surface area contributed by atoms with E-state index in [4.69, 9.17) is 34.8 Å². The van der Waals surface area contributed by atoms with Gasteiger partial charge in [-0.15, -0.1) is 0 Å². The summed E-state index contributed by atoms with van der Waals surface area (Å²) >= 11 is 18.5. The highest BCUT2D eigenvalue weighted by Gasteiger charge is 2.33. The van der Waals surface area contributed by atoms with E-state index in [0.29, 0.717) is 27.2 Å². The van der Waals surface area contributed by atoms with Gasteiger partial charge in [0.2, 0.25) is 21.8 Å². The number of sulfonamides is 1. The van der Waals surface area contributed by atoms with Gasteiger partial charge < -0.3 is 10.2 Å². The molecule has 0 aliphatic carbocycles. The summed E-state index contributed by atoms with van der Waals surface area (Å²) in [5.74, 6) is -0.735. The molecule has 0 aliphatic heterocycles. The number of hydrogen-bond donors (Lipinski definition) is 1. The first-order valence-corrected chi connectivity index (χ1v) is 15.6. The first kappa shape index (κ1) is 31.7. The van der Waals surface area contributed by atoms with Crippen molar-refractivity contribution in [2.24, 2.45) is 5.92 Å². The third-order valence-corrected chi connectivity index (χ3v) is 8.18. The highest BCUT2D eigenvalue weighted by Crippen LogP contribution is 2.26. The van der Waals surface area contributed by atoms with Crippen LogP contribution in [0.4, 0.5) is 5.69 Å². The van der Waals surface area contributed by atoms with Crippen molar-refractivity contribution in [3.63, 3.8) is 0 Å². The monoisotopic (exact) mass is 623 g/mol. The van der Waals surface area contributed by atoms with Crippen LogP contribution in [-0.4, -0.2) is 50.5 Å². The average Bonchev–Trinajstić information content (AvgIpc) is 2.89. The minimum absolute atomic E-state index is 0.00450. The first-order valence-electron chi connectivity index (χ1n) is 12.6. The van der Waals surface area contributed by atoms with Crippen LogP contribution in [0.3, 0.4) is 0 Å². The molecule has 214 valence electrons. The molecule has 3 aromatic carbocycles. The number of halogens is 3. The van der Waals surface area contributed by atoms with Crippen LogP contribution in [0.2, 0.25) is 15.1 Å². The van der Waals surface area contributed by atoms with E-state index in [1.54, 1.807) is 36.4 Å². The molecule has 0 fully saturated rings. The smallest absolute Gasteiger partial charge is 0.244 e. The van der Waals surface area contributed by atoms with Crippen LogP contribution >= 0.6 is 34.8 Å². The molecule has 3 aromatic rings. The summed E-state index contributed by atoms with van der Waals surface area (Å²) in [6, 6.07) is 19.6. The molecule has 0 saturated heterocycles. The summed E-state index contributed by atoms with van der Waals surface area (Å²) in [7, 11) is -3.89. The van der Waals surface area contributed by atoms with E-state index in [1.165, 1.54) is 11.0 Å². The van der Waals surface area contributed by atoms with Crippen LogP contribution in [0.25, 0.3) is 0 Å². The second-order valence-corrected chi connectivity index (χ2v) is 13.0. The molecule has 1 N–H and O–H groups in total. The molecule has 0 aromatic heterocycles. The van der Waals surface area contributed by atoms with E-state index in [-0.39, 0.29) is 30.5 Å². The Hall–Kier alpha value is -2.78. The quantitative estimate of drug-likeness (QED) is 0.275. The van der Waals surface area contributed by atoms with Crippen molar-refractivity contribution in [3.05, 3.63) is 99.0 Å². The molecule has 1 unspecified atom stereocenters. The summed E-state index contributed by atoms with van der Waals surface area (Å²) in [4.78, 5) is 29.0. The second kappa shape index (κ2) is 14.2. The fourth-order valence-corrected chi connectivity index (χ4v) is 5.40. The molecule has 40 heavy (non-hydrogen) atoms. The number of hydrogen-bond acceptors (Lipinski definition) is 4. The molecular weight excluding hydrogens is 593 g/mol. The summed E-state index contributed by atoms with van der Waals surface area (Å²) in [5.41, 5.74) is 1.71. The molecule has 0 radical (unpaired) electrons. The van der Waals surface area contributed by atoms with Gasteiger partial charge in [0.1, 0.15) is 12.6 Å². The summed E-state index contributed by atoms with van der Waals surface area (Å²) < 4.78 is 26.6. The zero-order valence-electron chi connectivity index (χ0n) is 22.5. The third-order valence-electron chi connectivity index (χ3n) is 6.07. The maximum atomic E-state index is 14.0. The maximum Gasteiger partial charge on any atom is 0.244 e. The van der Waals surface area contributed by atoms with E-state index in [9.17, 15) is 18.0 Å². The fourth-order valence-electron chi connectivity index (χ4n) is 4.06. The Labute approximate surface area is 251 Å². The van der Waals surface area contributed by atoms with Gasteiger partial charge in [-0.2, -0.15) is 0 Å². The first-order chi connectivity index (χ1) is 18.8.